The number of aryl methyl sites for hydroxylation is 1. The number of carbonyl (C=O) groups excluding carboxylic acids is 1. The highest BCUT2D eigenvalue weighted by Crippen LogP contribution is 2.22. The number of nitrogens with zero attached hydrogens (tertiary/aromatic N) is 2. The molecule has 0 aliphatic carbocycles. The molecule has 0 amide bonds. The van der Waals surface area contributed by atoms with Gasteiger partial charge in [0.2, 0.25) is 0 Å². The third-order valence-electron chi connectivity index (χ3n) is 3.29. The summed E-state index contributed by atoms with van der Waals surface area (Å²) in [6, 6.07) is 15.6. The molecule has 21 heavy (non-hydrogen) atoms. The molecule has 104 valence electrons. The van der Waals surface area contributed by atoms with E-state index in [0.717, 1.165) is 34.3 Å². The molecule has 0 fully saturated rings. The van der Waals surface area contributed by atoms with Crippen molar-refractivity contribution in [1.82, 2.24) is 9.97 Å². The fourth-order valence-corrected chi connectivity index (χ4v) is 2.25. The van der Waals surface area contributed by atoms with E-state index in [0.29, 0.717) is 12.2 Å². The lowest BCUT2D eigenvalue weighted by Crippen LogP contribution is -2.01. The van der Waals surface area contributed by atoms with Gasteiger partial charge < -0.3 is 10.1 Å². The van der Waals surface area contributed by atoms with Crippen LogP contribution in [-0.4, -0.2) is 16.3 Å². The number of benzene rings is 2. The van der Waals surface area contributed by atoms with Crippen LogP contribution in [0.25, 0.3) is 11.0 Å². The summed E-state index contributed by atoms with van der Waals surface area (Å²) in [7, 11) is 0. The first-order chi connectivity index (χ1) is 10.3. The van der Waals surface area contributed by atoms with Crippen LogP contribution in [0.5, 0.6) is 0 Å². The van der Waals surface area contributed by atoms with Crippen LogP contribution in [0.1, 0.15) is 11.3 Å². The van der Waals surface area contributed by atoms with Crippen molar-refractivity contribution in [3.8, 4) is 0 Å². The molecule has 2 aromatic carbocycles. The molecular formula is C17H15N3O. The minimum Gasteiger partial charge on any atom is -0.339 e. The number of anilines is 2. The zero-order valence-electron chi connectivity index (χ0n) is 11.7. The molecule has 1 heterocycles. The highest BCUT2D eigenvalue weighted by molar-refractivity contribution is 5.82. The molecule has 0 bridgehead atoms. The molecule has 0 saturated carbocycles. The number of para-hydroxylation sites is 2. The van der Waals surface area contributed by atoms with Crippen molar-refractivity contribution in [2.24, 2.45) is 0 Å². The van der Waals surface area contributed by atoms with Gasteiger partial charge in [0.25, 0.3) is 0 Å². The molecule has 4 nitrogen and oxygen atoms in total. The van der Waals surface area contributed by atoms with E-state index in [1.165, 1.54) is 0 Å². The molecule has 0 unspecified atom stereocenters. The monoisotopic (exact) mass is 277 g/mol. The first-order valence-electron chi connectivity index (χ1n) is 6.80. The largest absolute Gasteiger partial charge is 0.339 e. The van der Waals surface area contributed by atoms with Gasteiger partial charge in [0.1, 0.15) is 6.29 Å². The number of rotatable bonds is 4. The molecule has 0 atom stereocenters. The third kappa shape index (κ3) is 2.74. The molecule has 3 rings (SSSR count). The van der Waals surface area contributed by atoms with Gasteiger partial charge in [0.15, 0.2) is 5.82 Å². The summed E-state index contributed by atoms with van der Waals surface area (Å²) in [5.74, 6) is 0.715. The van der Waals surface area contributed by atoms with Gasteiger partial charge >= 0.3 is 0 Å². The van der Waals surface area contributed by atoms with Gasteiger partial charge in [-0.2, -0.15) is 0 Å². The number of fused-ring (bicyclic) bond motifs is 1. The molecular weight excluding hydrogens is 262 g/mol. The third-order valence-corrected chi connectivity index (χ3v) is 3.29. The Hall–Kier alpha value is -2.75. The summed E-state index contributed by atoms with van der Waals surface area (Å²) in [5.41, 5.74) is 4.27. The highest BCUT2D eigenvalue weighted by atomic mass is 16.1. The fourth-order valence-electron chi connectivity index (χ4n) is 2.25. The summed E-state index contributed by atoms with van der Waals surface area (Å²) in [5, 5.41) is 3.27. The molecule has 0 aliphatic heterocycles. The van der Waals surface area contributed by atoms with Gasteiger partial charge in [-0.25, -0.2) is 9.97 Å². The van der Waals surface area contributed by atoms with Crippen LogP contribution in [0, 0.1) is 6.92 Å². The SMILES string of the molecule is Cc1nc2cccc(CC=O)c2nc1Nc1ccccc1. The zero-order chi connectivity index (χ0) is 14.7. The average Bonchev–Trinajstić information content (AvgIpc) is 2.50. The molecule has 0 radical (unpaired) electrons. The number of hydrogen-bond donors (Lipinski definition) is 1. The van der Waals surface area contributed by atoms with Gasteiger partial charge in [0.05, 0.1) is 16.7 Å². The highest BCUT2D eigenvalue weighted by Gasteiger charge is 2.08. The minimum absolute atomic E-state index is 0.347. The van der Waals surface area contributed by atoms with Crippen LogP contribution in [-0.2, 0) is 11.2 Å². The Kier molecular flexibility index (Phi) is 3.60. The Morgan fingerprint density at radius 2 is 1.86 bits per heavy atom. The predicted molar refractivity (Wildman–Crippen MR) is 83.8 cm³/mol. The molecule has 4 heteroatoms. The van der Waals surface area contributed by atoms with E-state index in [9.17, 15) is 4.79 Å². The second kappa shape index (κ2) is 5.71. The maximum atomic E-state index is 10.8. The van der Waals surface area contributed by atoms with Crippen molar-refractivity contribution in [3.63, 3.8) is 0 Å². The van der Waals surface area contributed by atoms with Crippen LogP contribution in [0.2, 0.25) is 0 Å². The number of carbonyl (C=O) groups is 1. The molecule has 1 aromatic heterocycles. The summed E-state index contributed by atoms with van der Waals surface area (Å²) < 4.78 is 0. The second-order valence-electron chi connectivity index (χ2n) is 4.80. The fraction of sp³-hybridized carbons (Fsp3) is 0.118. The Morgan fingerprint density at radius 3 is 2.62 bits per heavy atom. The normalized spacial score (nSPS) is 10.5. The van der Waals surface area contributed by atoms with Gasteiger partial charge in [-0.1, -0.05) is 30.3 Å². The Balaban J connectivity index is 2.08. The van der Waals surface area contributed by atoms with E-state index in [-0.39, 0.29) is 0 Å². The zero-order valence-corrected chi connectivity index (χ0v) is 11.7. The average molecular weight is 277 g/mol. The van der Waals surface area contributed by atoms with Crippen LogP contribution in [0.4, 0.5) is 11.5 Å². The Morgan fingerprint density at radius 1 is 1.05 bits per heavy atom. The standard InChI is InChI=1S/C17H15N3O/c1-12-17(19-14-7-3-2-4-8-14)20-16-13(10-11-21)6-5-9-15(16)18-12/h2-9,11H,10H2,1H3,(H,19,20). The van der Waals surface area contributed by atoms with E-state index in [1.807, 2.05) is 55.5 Å². The lowest BCUT2D eigenvalue weighted by Gasteiger charge is -2.10. The molecule has 0 saturated heterocycles. The van der Waals surface area contributed by atoms with Crippen molar-refractivity contribution in [2.75, 3.05) is 5.32 Å². The lowest BCUT2D eigenvalue weighted by atomic mass is 10.1. The van der Waals surface area contributed by atoms with E-state index in [4.69, 9.17) is 0 Å². The van der Waals surface area contributed by atoms with Gasteiger partial charge in [0, 0.05) is 12.1 Å². The maximum Gasteiger partial charge on any atom is 0.152 e. The number of aromatic nitrogens is 2. The molecule has 0 aliphatic rings. The van der Waals surface area contributed by atoms with Crippen molar-refractivity contribution in [1.29, 1.82) is 0 Å². The topological polar surface area (TPSA) is 54.9 Å². The van der Waals surface area contributed by atoms with Crippen LogP contribution in [0.15, 0.2) is 48.5 Å². The summed E-state index contributed by atoms with van der Waals surface area (Å²) in [6.07, 6.45) is 1.24. The molecule has 0 spiro atoms. The number of aldehydes is 1. The van der Waals surface area contributed by atoms with Crippen molar-refractivity contribution in [3.05, 3.63) is 59.8 Å². The Labute approximate surface area is 122 Å². The van der Waals surface area contributed by atoms with Crippen molar-refractivity contribution in [2.45, 2.75) is 13.3 Å². The first kappa shape index (κ1) is 13.2. The quantitative estimate of drug-likeness (QED) is 0.742. The van der Waals surface area contributed by atoms with E-state index < -0.39 is 0 Å². The van der Waals surface area contributed by atoms with Crippen molar-refractivity contribution >= 4 is 28.8 Å². The van der Waals surface area contributed by atoms with Crippen LogP contribution in [0.3, 0.4) is 0 Å². The number of hydrogen-bond acceptors (Lipinski definition) is 4. The summed E-state index contributed by atoms with van der Waals surface area (Å²) >= 11 is 0. The van der Waals surface area contributed by atoms with Gasteiger partial charge in [-0.05, 0) is 30.7 Å². The van der Waals surface area contributed by atoms with E-state index in [1.54, 1.807) is 0 Å². The molecule has 3 aromatic rings. The predicted octanol–water partition coefficient (Wildman–Crippen LogP) is 3.42. The van der Waals surface area contributed by atoms with E-state index >= 15 is 0 Å². The van der Waals surface area contributed by atoms with Gasteiger partial charge in [-0.3, -0.25) is 0 Å². The maximum absolute atomic E-state index is 10.8. The summed E-state index contributed by atoms with van der Waals surface area (Å²) in [4.78, 5) is 20.0. The smallest absolute Gasteiger partial charge is 0.152 e. The Bertz CT molecular complexity index is 785. The van der Waals surface area contributed by atoms with Crippen LogP contribution < -0.4 is 5.32 Å². The molecule has 1 N–H and O–H groups in total. The van der Waals surface area contributed by atoms with Gasteiger partial charge in [-0.15, -0.1) is 0 Å². The van der Waals surface area contributed by atoms with Crippen LogP contribution >= 0.6 is 0 Å². The van der Waals surface area contributed by atoms with E-state index in [2.05, 4.69) is 15.3 Å². The summed E-state index contributed by atoms with van der Waals surface area (Å²) in [6.45, 7) is 1.92. The minimum atomic E-state index is 0.347. The lowest BCUT2D eigenvalue weighted by molar-refractivity contribution is -0.107. The second-order valence-corrected chi connectivity index (χ2v) is 4.80. The first-order valence-corrected chi connectivity index (χ1v) is 6.80. The number of nitrogens with one attached hydrogen (secondary N) is 1. The van der Waals surface area contributed by atoms with Crippen molar-refractivity contribution < 1.29 is 4.79 Å².